The number of hydrogen-bond donors (Lipinski definition) is 1. The van der Waals surface area contributed by atoms with Gasteiger partial charge in [-0.1, -0.05) is 0 Å². The topological polar surface area (TPSA) is 26.0 Å². The summed E-state index contributed by atoms with van der Waals surface area (Å²) in [7, 11) is 0. The van der Waals surface area contributed by atoms with Gasteiger partial charge in [-0.05, 0) is 6.92 Å². The predicted molar refractivity (Wildman–Crippen MR) is 24.4 cm³/mol. The summed E-state index contributed by atoms with van der Waals surface area (Å²) in [6.07, 6.45) is 0. The highest BCUT2D eigenvalue weighted by atomic mass is 35.5. The van der Waals surface area contributed by atoms with E-state index in [0.717, 1.165) is 0 Å². The molecule has 0 rings (SSSR count). The molecular formula is C3H8ClN. The normalized spacial score (nSPS) is 15.0. The molecule has 0 aliphatic heterocycles. The minimum Gasteiger partial charge on any atom is -0.329 e. The quantitative estimate of drug-likeness (QED) is 0.472. The number of hydrogen-bond acceptors (Lipinski definition) is 1. The monoisotopic (exact) mass is 93.0 g/mol. The molecule has 1 nitrogen and oxygen atoms in total. The zero-order valence-electron chi connectivity index (χ0n) is 3.24. The Labute approximate surface area is 37.1 Å². The van der Waals surface area contributed by atoms with Crippen molar-refractivity contribution in [3.05, 3.63) is 0 Å². The van der Waals surface area contributed by atoms with Crippen molar-refractivity contribution in [2.75, 3.05) is 6.54 Å². The lowest BCUT2D eigenvalue weighted by molar-refractivity contribution is 0.941. The van der Waals surface area contributed by atoms with Gasteiger partial charge >= 0.3 is 0 Å². The molecule has 0 aliphatic carbocycles. The van der Waals surface area contributed by atoms with Crippen LogP contribution in [0.4, 0.5) is 0 Å². The maximum atomic E-state index is 5.34. The second-order valence-corrected chi connectivity index (χ2v) is 1.76. The van der Waals surface area contributed by atoms with Crippen molar-refractivity contribution in [3.8, 4) is 0 Å². The lowest BCUT2D eigenvalue weighted by Crippen LogP contribution is -2.08. The van der Waals surface area contributed by atoms with Crippen molar-refractivity contribution >= 4 is 11.6 Å². The van der Waals surface area contributed by atoms with Crippen molar-refractivity contribution in [1.82, 2.24) is 0 Å². The van der Waals surface area contributed by atoms with Crippen molar-refractivity contribution in [2.24, 2.45) is 5.73 Å². The molecule has 0 aromatic rings. The Balaban J connectivity index is 2.54. The second-order valence-electron chi connectivity index (χ2n) is 1.02. The molecule has 0 radical (unpaired) electrons. The van der Waals surface area contributed by atoms with Gasteiger partial charge in [0.1, 0.15) is 0 Å². The number of rotatable bonds is 1. The third-order valence-corrected chi connectivity index (χ3v) is 0.503. The first-order valence-corrected chi connectivity index (χ1v) is 2.05. The summed E-state index contributed by atoms with van der Waals surface area (Å²) < 4.78 is 0. The Kier molecular flexibility index (Phi) is 2.61. The number of nitrogens with two attached hydrogens (primary N) is 1. The maximum absolute atomic E-state index is 5.34. The molecule has 0 bridgehead atoms. The zero-order valence-corrected chi connectivity index (χ0v) is 4.00. The van der Waals surface area contributed by atoms with Crippen molar-refractivity contribution < 1.29 is 0 Å². The fraction of sp³-hybridized carbons (Fsp3) is 1.00. The van der Waals surface area contributed by atoms with Crippen LogP contribution >= 0.6 is 11.6 Å². The van der Waals surface area contributed by atoms with Gasteiger partial charge < -0.3 is 5.73 Å². The summed E-state index contributed by atoms with van der Waals surface area (Å²) in [5.74, 6) is 0. The van der Waals surface area contributed by atoms with E-state index < -0.39 is 0 Å². The van der Waals surface area contributed by atoms with Crippen LogP contribution in [0.1, 0.15) is 6.92 Å². The van der Waals surface area contributed by atoms with E-state index in [0.29, 0.717) is 6.54 Å². The van der Waals surface area contributed by atoms with Crippen LogP contribution in [0.15, 0.2) is 0 Å². The van der Waals surface area contributed by atoms with Gasteiger partial charge in [0.2, 0.25) is 0 Å². The van der Waals surface area contributed by atoms with Crippen molar-refractivity contribution in [2.45, 2.75) is 12.3 Å². The molecule has 0 aliphatic rings. The maximum Gasteiger partial charge on any atom is 0.0430 e. The van der Waals surface area contributed by atoms with E-state index in [4.69, 9.17) is 17.3 Å². The van der Waals surface area contributed by atoms with E-state index in [9.17, 15) is 0 Å². The second kappa shape index (κ2) is 2.49. The van der Waals surface area contributed by atoms with Crippen LogP contribution in [-0.4, -0.2) is 11.9 Å². The first kappa shape index (κ1) is 5.25. The molecule has 0 saturated heterocycles. The zero-order chi connectivity index (χ0) is 4.28. The van der Waals surface area contributed by atoms with Crippen LogP contribution in [0.25, 0.3) is 0 Å². The van der Waals surface area contributed by atoms with Crippen molar-refractivity contribution in [3.63, 3.8) is 0 Å². The molecule has 0 heterocycles. The van der Waals surface area contributed by atoms with E-state index >= 15 is 0 Å². The summed E-state index contributed by atoms with van der Waals surface area (Å²) in [6.45, 7) is 2.43. The minimum atomic E-state index is 0.134. The van der Waals surface area contributed by atoms with Gasteiger partial charge in [0, 0.05) is 11.9 Å². The Morgan fingerprint density at radius 2 is 2.20 bits per heavy atom. The smallest absolute Gasteiger partial charge is 0.0430 e. The lowest BCUT2D eigenvalue weighted by Gasteiger charge is -1.88. The molecule has 32 valence electrons. The molecule has 2 heteroatoms. The van der Waals surface area contributed by atoms with Crippen LogP contribution in [0.3, 0.4) is 0 Å². The van der Waals surface area contributed by atoms with Gasteiger partial charge in [-0.3, -0.25) is 0 Å². The number of halogens is 1. The molecule has 0 aromatic carbocycles. The van der Waals surface area contributed by atoms with E-state index in [1.807, 2.05) is 6.92 Å². The van der Waals surface area contributed by atoms with Crippen LogP contribution < -0.4 is 5.73 Å². The highest BCUT2D eigenvalue weighted by Crippen LogP contribution is 1.84. The SMILES string of the molecule is CC(Cl)CN. The van der Waals surface area contributed by atoms with Gasteiger partial charge in [-0.2, -0.15) is 0 Å². The molecule has 0 aromatic heterocycles. The van der Waals surface area contributed by atoms with Gasteiger partial charge in [-0.15, -0.1) is 11.6 Å². The molecular weight excluding hydrogens is 85.5 g/mol. The van der Waals surface area contributed by atoms with Crippen LogP contribution in [0.5, 0.6) is 0 Å². The summed E-state index contributed by atoms with van der Waals surface area (Å²) in [5.41, 5.74) is 5.04. The van der Waals surface area contributed by atoms with E-state index in [2.05, 4.69) is 0 Å². The molecule has 1 atom stereocenters. The van der Waals surface area contributed by atoms with Crippen LogP contribution in [0.2, 0.25) is 0 Å². The first-order valence-electron chi connectivity index (χ1n) is 1.61. The summed E-state index contributed by atoms with van der Waals surface area (Å²) in [4.78, 5) is 0. The number of alkyl halides is 1. The standard InChI is InChI=1S/C3H8ClN/c1-3(4)2-5/h3H,2,5H2,1H3. The summed E-state index contributed by atoms with van der Waals surface area (Å²) in [5, 5.41) is 0.134. The Morgan fingerprint density at radius 1 is 2.00 bits per heavy atom. The molecule has 0 fully saturated rings. The van der Waals surface area contributed by atoms with Gasteiger partial charge in [0.15, 0.2) is 0 Å². The molecule has 5 heavy (non-hydrogen) atoms. The molecule has 0 spiro atoms. The van der Waals surface area contributed by atoms with Crippen molar-refractivity contribution in [1.29, 1.82) is 0 Å². The lowest BCUT2D eigenvalue weighted by atomic mass is 10.5. The van der Waals surface area contributed by atoms with E-state index in [-0.39, 0.29) is 5.38 Å². The largest absolute Gasteiger partial charge is 0.329 e. The highest BCUT2D eigenvalue weighted by Gasteiger charge is 1.83. The van der Waals surface area contributed by atoms with Gasteiger partial charge in [0.25, 0.3) is 0 Å². The van der Waals surface area contributed by atoms with Crippen LogP contribution in [-0.2, 0) is 0 Å². The summed E-state index contributed by atoms with van der Waals surface area (Å²) >= 11 is 5.34. The van der Waals surface area contributed by atoms with Crippen LogP contribution in [0, 0.1) is 0 Å². The first-order chi connectivity index (χ1) is 2.27. The Hall–Kier alpha value is 0.250. The predicted octanol–water partition coefficient (Wildman–Crippen LogP) is 0.572. The minimum absolute atomic E-state index is 0.134. The average Bonchev–Trinajstić information content (AvgIpc) is 1.38. The van der Waals surface area contributed by atoms with Gasteiger partial charge in [0.05, 0.1) is 0 Å². The van der Waals surface area contributed by atoms with E-state index in [1.165, 1.54) is 0 Å². The fourth-order valence-corrected chi connectivity index (χ4v) is 0. The summed E-state index contributed by atoms with van der Waals surface area (Å²) in [6, 6.07) is 0. The molecule has 0 amide bonds. The van der Waals surface area contributed by atoms with E-state index in [1.54, 1.807) is 0 Å². The molecule has 2 N–H and O–H groups in total. The Bertz CT molecular complexity index is 20.9. The molecule has 0 saturated carbocycles. The molecule has 1 unspecified atom stereocenters. The Morgan fingerprint density at radius 3 is 2.20 bits per heavy atom. The van der Waals surface area contributed by atoms with Gasteiger partial charge in [-0.25, -0.2) is 0 Å². The third-order valence-electron chi connectivity index (χ3n) is 0.325. The fourth-order valence-electron chi connectivity index (χ4n) is 0. The highest BCUT2D eigenvalue weighted by molar-refractivity contribution is 6.20. The average molecular weight is 93.6 g/mol. The third kappa shape index (κ3) is 4.25.